The standard InChI is InChI=1S/C16H31N3O2/c1-16(2,3)21-15(20)19-9-7-13(8-10-19)18-14-6-4-5-12(14)11-17/h12-14,18H,4-11,17H2,1-3H3. The molecule has 122 valence electrons. The van der Waals surface area contributed by atoms with Gasteiger partial charge >= 0.3 is 6.09 Å². The van der Waals surface area contributed by atoms with Crippen molar-refractivity contribution >= 4 is 6.09 Å². The summed E-state index contributed by atoms with van der Waals surface area (Å²) in [4.78, 5) is 13.9. The van der Waals surface area contributed by atoms with Crippen molar-refractivity contribution in [2.75, 3.05) is 19.6 Å². The average molecular weight is 297 g/mol. The number of hydrogen-bond acceptors (Lipinski definition) is 4. The van der Waals surface area contributed by atoms with Crippen LogP contribution in [0, 0.1) is 5.92 Å². The molecule has 0 spiro atoms. The fourth-order valence-corrected chi connectivity index (χ4v) is 3.40. The fraction of sp³-hybridized carbons (Fsp3) is 0.938. The van der Waals surface area contributed by atoms with E-state index in [0.29, 0.717) is 18.0 Å². The molecule has 1 aliphatic heterocycles. The van der Waals surface area contributed by atoms with Gasteiger partial charge in [-0.2, -0.15) is 0 Å². The zero-order chi connectivity index (χ0) is 15.5. The zero-order valence-electron chi connectivity index (χ0n) is 13.7. The largest absolute Gasteiger partial charge is 0.444 e. The van der Waals surface area contributed by atoms with E-state index in [2.05, 4.69) is 5.32 Å². The number of rotatable bonds is 3. The summed E-state index contributed by atoms with van der Waals surface area (Å²) >= 11 is 0. The van der Waals surface area contributed by atoms with Crippen molar-refractivity contribution in [3.8, 4) is 0 Å². The lowest BCUT2D eigenvalue weighted by atomic mass is 9.99. The Bertz CT molecular complexity index is 346. The minimum Gasteiger partial charge on any atom is -0.444 e. The summed E-state index contributed by atoms with van der Waals surface area (Å²) in [6.07, 6.45) is 5.62. The van der Waals surface area contributed by atoms with Gasteiger partial charge in [-0.15, -0.1) is 0 Å². The van der Waals surface area contributed by atoms with Crippen LogP contribution in [0.2, 0.25) is 0 Å². The van der Waals surface area contributed by atoms with E-state index in [0.717, 1.165) is 32.5 Å². The molecule has 2 rings (SSSR count). The molecule has 0 aromatic carbocycles. The van der Waals surface area contributed by atoms with Crippen LogP contribution in [-0.4, -0.2) is 48.3 Å². The molecule has 1 saturated heterocycles. The second kappa shape index (κ2) is 6.97. The third-order valence-electron chi connectivity index (χ3n) is 4.56. The number of nitrogens with one attached hydrogen (secondary N) is 1. The van der Waals surface area contributed by atoms with Gasteiger partial charge in [0.25, 0.3) is 0 Å². The molecule has 0 aromatic heterocycles. The molecule has 5 heteroatoms. The number of carbonyl (C=O) groups excluding carboxylic acids is 1. The highest BCUT2D eigenvalue weighted by molar-refractivity contribution is 5.68. The van der Waals surface area contributed by atoms with Gasteiger partial charge in [-0.25, -0.2) is 4.79 Å². The maximum Gasteiger partial charge on any atom is 0.410 e. The third-order valence-corrected chi connectivity index (χ3v) is 4.56. The Kier molecular flexibility index (Phi) is 5.49. The molecule has 21 heavy (non-hydrogen) atoms. The molecule has 2 atom stereocenters. The van der Waals surface area contributed by atoms with E-state index < -0.39 is 5.60 Å². The van der Waals surface area contributed by atoms with Gasteiger partial charge in [0.2, 0.25) is 0 Å². The summed E-state index contributed by atoms with van der Waals surface area (Å²) in [5, 5.41) is 3.77. The van der Waals surface area contributed by atoms with Crippen LogP contribution in [0.15, 0.2) is 0 Å². The fourth-order valence-electron chi connectivity index (χ4n) is 3.40. The quantitative estimate of drug-likeness (QED) is 0.837. The van der Waals surface area contributed by atoms with Gasteiger partial charge < -0.3 is 20.7 Å². The topological polar surface area (TPSA) is 67.6 Å². The minimum absolute atomic E-state index is 0.179. The second-order valence-corrected chi connectivity index (χ2v) is 7.44. The molecule has 2 unspecified atom stereocenters. The van der Waals surface area contributed by atoms with E-state index >= 15 is 0 Å². The molecule has 2 aliphatic rings. The Labute approximate surface area is 128 Å². The van der Waals surface area contributed by atoms with E-state index in [1.165, 1.54) is 19.3 Å². The highest BCUT2D eigenvalue weighted by Crippen LogP contribution is 2.26. The van der Waals surface area contributed by atoms with Crippen molar-refractivity contribution in [2.45, 2.75) is 70.6 Å². The lowest BCUT2D eigenvalue weighted by Crippen LogP contribution is -2.50. The van der Waals surface area contributed by atoms with E-state index in [4.69, 9.17) is 10.5 Å². The summed E-state index contributed by atoms with van der Waals surface area (Å²) in [6.45, 7) is 8.08. The molecule has 0 bridgehead atoms. The Morgan fingerprint density at radius 1 is 1.24 bits per heavy atom. The number of likely N-dealkylation sites (tertiary alicyclic amines) is 1. The smallest absolute Gasteiger partial charge is 0.410 e. The maximum atomic E-state index is 12.0. The van der Waals surface area contributed by atoms with Crippen molar-refractivity contribution < 1.29 is 9.53 Å². The van der Waals surface area contributed by atoms with Gasteiger partial charge in [0, 0.05) is 25.2 Å². The first-order valence-electron chi connectivity index (χ1n) is 8.33. The predicted octanol–water partition coefficient (Wildman–Crippen LogP) is 2.10. The zero-order valence-corrected chi connectivity index (χ0v) is 13.7. The van der Waals surface area contributed by atoms with Crippen LogP contribution in [0.1, 0.15) is 52.9 Å². The number of nitrogens with zero attached hydrogens (tertiary/aromatic N) is 1. The summed E-state index contributed by atoms with van der Waals surface area (Å²) in [6, 6.07) is 1.09. The SMILES string of the molecule is CC(C)(C)OC(=O)N1CCC(NC2CCCC2CN)CC1. The van der Waals surface area contributed by atoms with E-state index in [1.807, 2.05) is 25.7 Å². The maximum absolute atomic E-state index is 12.0. The van der Waals surface area contributed by atoms with Gasteiger partial charge in [0.1, 0.15) is 5.60 Å². The molecule has 1 saturated carbocycles. The molecule has 2 fully saturated rings. The monoisotopic (exact) mass is 297 g/mol. The van der Waals surface area contributed by atoms with Crippen LogP contribution in [0.3, 0.4) is 0 Å². The Morgan fingerprint density at radius 2 is 1.90 bits per heavy atom. The molecule has 1 aliphatic carbocycles. The summed E-state index contributed by atoms with van der Waals surface area (Å²) in [5.74, 6) is 0.633. The van der Waals surface area contributed by atoms with Crippen LogP contribution in [0.25, 0.3) is 0 Å². The van der Waals surface area contributed by atoms with Gasteiger partial charge in [-0.1, -0.05) is 6.42 Å². The molecular weight excluding hydrogens is 266 g/mol. The lowest BCUT2D eigenvalue weighted by molar-refractivity contribution is 0.0194. The van der Waals surface area contributed by atoms with Gasteiger partial charge in [0.15, 0.2) is 0 Å². The predicted molar refractivity (Wildman–Crippen MR) is 84.1 cm³/mol. The summed E-state index contributed by atoms with van der Waals surface area (Å²) in [7, 11) is 0. The molecule has 1 amide bonds. The Morgan fingerprint density at radius 3 is 2.48 bits per heavy atom. The normalized spacial score (nSPS) is 27.9. The van der Waals surface area contributed by atoms with E-state index in [-0.39, 0.29) is 6.09 Å². The number of amides is 1. The van der Waals surface area contributed by atoms with Crippen LogP contribution in [0.4, 0.5) is 4.79 Å². The van der Waals surface area contributed by atoms with Gasteiger partial charge in [-0.3, -0.25) is 0 Å². The molecule has 1 heterocycles. The lowest BCUT2D eigenvalue weighted by Gasteiger charge is -2.35. The first kappa shape index (κ1) is 16.6. The van der Waals surface area contributed by atoms with Crippen molar-refractivity contribution in [3.05, 3.63) is 0 Å². The minimum atomic E-state index is -0.412. The number of nitrogens with two attached hydrogens (primary N) is 1. The molecule has 0 aromatic rings. The second-order valence-electron chi connectivity index (χ2n) is 7.44. The Hall–Kier alpha value is -0.810. The molecule has 5 nitrogen and oxygen atoms in total. The molecule has 3 N–H and O–H groups in total. The average Bonchev–Trinajstić information content (AvgIpc) is 2.85. The first-order chi connectivity index (χ1) is 9.89. The van der Waals surface area contributed by atoms with Crippen LogP contribution in [-0.2, 0) is 4.74 Å². The van der Waals surface area contributed by atoms with Gasteiger partial charge in [-0.05, 0) is 58.9 Å². The van der Waals surface area contributed by atoms with Gasteiger partial charge in [0.05, 0.1) is 0 Å². The third kappa shape index (κ3) is 4.85. The van der Waals surface area contributed by atoms with E-state index in [9.17, 15) is 4.79 Å². The number of piperidine rings is 1. The Balaban J connectivity index is 1.74. The number of hydrogen-bond donors (Lipinski definition) is 2. The molecule has 0 radical (unpaired) electrons. The van der Waals surface area contributed by atoms with Crippen LogP contribution in [0.5, 0.6) is 0 Å². The highest BCUT2D eigenvalue weighted by Gasteiger charge is 2.31. The first-order valence-corrected chi connectivity index (χ1v) is 8.33. The molecular formula is C16H31N3O2. The van der Waals surface area contributed by atoms with Crippen LogP contribution >= 0.6 is 0 Å². The number of ether oxygens (including phenoxy) is 1. The highest BCUT2D eigenvalue weighted by atomic mass is 16.6. The number of carbonyl (C=O) groups is 1. The van der Waals surface area contributed by atoms with Crippen molar-refractivity contribution in [2.24, 2.45) is 11.7 Å². The van der Waals surface area contributed by atoms with Crippen molar-refractivity contribution in [1.29, 1.82) is 0 Å². The summed E-state index contributed by atoms with van der Waals surface area (Å²) < 4.78 is 5.43. The van der Waals surface area contributed by atoms with Crippen LogP contribution < -0.4 is 11.1 Å². The van der Waals surface area contributed by atoms with Crippen molar-refractivity contribution in [3.63, 3.8) is 0 Å². The van der Waals surface area contributed by atoms with E-state index in [1.54, 1.807) is 0 Å². The summed E-state index contributed by atoms with van der Waals surface area (Å²) in [5.41, 5.74) is 5.43. The van der Waals surface area contributed by atoms with Crippen molar-refractivity contribution in [1.82, 2.24) is 10.2 Å².